The van der Waals surface area contributed by atoms with E-state index >= 15 is 0 Å². The lowest BCUT2D eigenvalue weighted by Crippen LogP contribution is -2.14. The highest BCUT2D eigenvalue weighted by Gasteiger charge is 2.06. The molecule has 0 aliphatic heterocycles. The molecule has 0 saturated carbocycles. The summed E-state index contributed by atoms with van der Waals surface area (Å²) in [6, 6.07) is 7.86. The third-order valence-electron chi connectivity index (χ3n) is 2.53. The standard InChI is InChI=1S/C14H16ClN3S/c1-2-6-16-9-11-8-12(15)3-4-13(11)19-14-5-7-17-10-18-14/h3-5,7-8,10,16H,2,6,9H2,1H3. The van der Waals surface area contributed by atoms with Gasteiger partial charge in [-0.2, -0.15) is 0 Å². The number of benzene rings is 1. The van der Waals surface area contributed by atoms with Crippen LogP contribution in [0.1, 0.15) is 18.9 Å². The second kappa shape index (κ2) is 7.48. The molecule has 5 heteroatoms. The van der Waals surface area contributed by atoms with Crippen molar-refractivity contribution in [3.05, 3.63) is 47.4 Å². The Morgan fingerprint density at radius 1 is 1.32 bits per heavy atom. The molecule has 1 heterocycles. The van der Waals surface area contributed by atoms with Gasteiger partial charge in [0, 0.05) is 22.7 Å². The van der Waals surface area contributed by atoms with Crippen molar-refractivity contribution in [2.75, 3.05) is 6.54 Å². The van der Waals surface area contributed by atoms with Crippen molar-refractivity contribution >= 4 is 23.4 Å². The third kappa shape index (κ3) is 4.49. The molecule has 0 radical (unpaired) electrons. The number of aromatic nitrogens is 2. The molecular formula is C14H16ClN3S. The summed E-state index contributed by atoms with van der Waals surface area (Å²) < 4.78 is 0. The van der Waals surface area contributed by atoms with E-state index in [0.29, 0.717) is 0 Å². The molecule has 0 saturated heterocycles. The Labute approximate surface area is 122 Å². The summed E-state index contributed by atoms with van der Waals surface area (Å²) in [5.74, 6) is 0. The minimum Gasteiger partial charge on any atom is -0.313 e. The van der Waals surface area contributed by atoms with Crippen LogP contribution in [0.4, 0.5) is 0 Å². The highest BCUT2D eigenvalue weighted by atomic mass is 35.5. The van der Waals surface area contributed by atoms with Crippen LogP contribution >= 0.6 is 23.4 Å². The predicted molar refractivity (Wildman–Crippen MR) is 79.6 cm³/mol. The molecule has 0 bridgehead atoms. The van der Waals surface area contributed by atoms with Gasteiger partial charge in [0.25, 0.3) is 0 Å². The van der Waals surface area contributed by atoms with E-state index in [-0.39, 0.29) is 0 Å². The largest absolute Gasteiger partial charge is 0.313 e. The van der Waals surface area contributed by atoms with E-state index in [2.05, 4.69) is 22.2 Å². The Morgan fingerprint density at radius 3 is 2.95 bits per heavy atom. The van der Waals surface area contributed by atoms with Crippen LogP contribution in [0.15, 0.2) is 46.7 Å². The Bertz CT molecular complexity index is 519. The number of hydrogen-bond donors (Lipinski definition) is 1. The van der Waals surface area contributed by atoms with E-state index in [0.717, 1.165) is 29.6 Å². The first-order valence-corrected chi connectivity index (χ1v) is 7.42. The van der Waals surface area contributed by atoms with Crippen LogP contribution in [0.5, 0.6) is 0 Å². The van der Waals surface area contributed by atoms with Crippen molar-refractivity contribution in [3.8, 4) is 0 Å². The molecule has 19 heavy (non-hydrogen) atoms. The van der Waals surface area contributed by atoms with E-state index in [1.807, 2.05) is 24.3 Å². The molecule has 0 unspecified atom stereocenters. The van der Waals surface area contributed by atoms with Crippen LogP contribution in [0.2, 0.25) is 5.02 Å². The molecule has 100 valence electrons. The quantitative estimate of drug-likeness (QED) is 0.650. The predicted octanol–water partition coefficient (Wildman–Crippen LogP) is 3.78. The van der Waals surface area contributed by atoms with Crippen molar-refractivity contribution in [1.82, 2.24) is 15.3 Å². The summed E-state index contributed by atoms with van der Waals surface area (Å²) in [6.45, 7) is 3.98. The molecule has 3 nitrogen and oxygen atoms in total. The molecule has 0 atom stereocenters. The zero-order chi connectivity index (χ0) is 13.5. The maximum Gasteiger partial charge on any atom is 0.116 e. The lowest BCUT2D eigenvalue weighted by molar-refractivity contribution is 0.669. The van der Waals surface area contributed by atoms with Gasteiger partial charge in [-0.05, 0) is 42.8 Å². The van der Waals surface area contributed by atoms with Gasteiger partial charge in [-0.1, -0.05) is 30.3 Å². The Kier molecular flexibility index (Phi) is 5.63. The fourth-order valence-electron chi connectivity index (χ4n) is 1.64. The first-order chi connectivity index (χ1) is 9.29. The molecule has 0 spiro atoms. The van der Waals surface area contributed by atoms with Crippen LogP contribution in [-0.2, 0) is 6.54 Å². The zero-order valence-electron chi connectivity index (χ0n) is 10.8. The van der Waals surface area contributed by atoms with E-state index in [4.69, 9.17) is 11.6 Å². The topological polar surface area (TPSA) is 37.8 Å². The van der Waals surface area contributed by atoms with Gasteiger partial charge in [-0.3, -0.25) is 0 Å². The molecular weight excluding hydrogens is 278 g/mol. The molecule has 0 fully saturated rings. The molecule has 1 N–H and O–H groups in total. The molecule has 1 aromatic carbocycles. The smallest absolute Gasteiger partial charge is 0.116 e. The second-order valence-corrected chi connectivity index (χ2v) is 5.58. The van der Waals surface area contributed by atoms with Crippen molar-refractivity contribution in [1.29, 1.82) is 0 Å². The Morgan fingerprint density at radius 2 is 2.21 bits per heavy atom. The zero-order valence-corrected chi connectivity index (χ0v) is 12.3. The highest BCUT2D eigenvalue weighted by molar-refractivity contribution is 7.99. The van der Waals surface area contributed by atoms with E-state index in [1.54, 1.807) is 24.3 Å². The molecule has 2 rings (SSSR count). The fourth-order valence-corrected chi connectivity index (χ4v) is 2.68. The molecule has 0 aliphatic carbocycles. The lowest BCUT2D eigenvalue weighted by atomic mass is 10.2. The molecule has 0 aliphatic rings. The van der Waals surface area contributed by atoms with Gasteiger partial charge in [-0.15, -0.1) is 0 Å². The molecule has 0 amide bonds. The van der Waals surface area contributed by atoms with Gasteiger partial charge in [0.1, 0.15) is 11.4 Å². The first-order valence-electron chi connectivity index (χ1n) is 6.22. The molecule has 2 aromatic rings. The summed E-state index contributed by atoms with van der Waals surface area (Å²) in [7, 11) is 0. The minimum absolute atomic E-state index is 0.764. The van der Waals surface area contributed by atoms with Crippen molar-refractivity contribution < 1.29 is 0 Å². The van der Waals surface area contributed by atoms with Gasteiger partial charge in [-0.25, -0.2) is 9.97 Å². The second-order valence-electron chi connectivity index (χ2n) is 4.08. The first kappa shape index (κ1) is 14.3. The summed E-state index contributed by atoms with van der Waals surface area (Å²) in [5.41, 5.74) is 1.20. The van der Waals surface area contributed by atoms with Gasteiger partial charge < -0.3 is 5.32 Å². The van der Waals surface area contributed by atoms with Crippen molar-refractivity contribution in [2.24, 2.45) is 0 Å². The van der Waals surface area contributed by atoms with Crippen LogP contribution < -0.4 is 5.32 Å². The molecule has 1 aromatic heterocycles. The van der Waals surface area contributed by atoms with Gasteiger partial charge in [0.2, 0.25) is 0 Å². The maximum atomic E-state index is 6.07. The SMILES string of the molecule is CCCNCc1cc(Cl)ccc1Sc1ccncn1. The van der Waals surface area contributed by atoms with Crippen LogP contribution in [0.3, 0.4) is 0 Å². The summed E-state index contributed by atoms with van der Waals surface area (Å²) >= 11 is 7.70. The average Bonchev–Trinajstić information content (AvgIpc) is 2.43. The van der Waals surface area contributed by atoms with Gasteiger partial charge in [0.05, 0.1) is 0 Å². The van der Waals surface area contributed by atoms with E-state index in [1.165, 1.54) is 10.5 Å². The minimum atomic E-state index is 0.764. The van der Waals surface area contributed by atoms with Crippen LogP contribution in [0.25, 0.3) is 0 Å². The van der Waals surface area contributed by atoms with Crippen molar-refractivity contribution in [3.63, 3.8) is 0 Å². The number of hydrogen-bond acceptors (Lipinski definition) is 4. The number of halogens is 1. The number of nitrogens with zero attached hydrogens (tertiary/aromatic N) is 2. The Balaban J connectivity index is 2.14. The lowest BCUT2D eigenvalue weighted by Gasteiger charge is -2.10. The third-order valence-corrected chi connectivity index (χ3v) is 3.84. The highest BCUT2D eigenvalue weighted by Crippen LogP contribution is 2.30. The normalized spacial score (nSPS) is 10.6. The summed E-state index contributed by atoms with van der Waals surface area (Å²) in [5, 5.41) is 5.10. The fraction of sp³-hybridized carbons (Fsp3) is 0.286. The van der Waals surface area contributed by atoms with Gasteiger partial charge in [0.15, 0.2) is 0 Å². The van der Waals surface area contributed by atoms with Gasteiger partial charge >= 0.3 is 0 Å². The number of nitrogens with one attached hydrogen (secondary N) is 1. The maximum absolute atomic E-state index is 6.07. The van der Waals surface area contributed by atoms with Crippen molar-refractivity contribution in [2.45, 2.75) is 29.8 Å². The summed E-state index contributed by atoms with van der Waals surface area (Å²) in [6.07, 6.45) is 4.43. The monoisotopic (exact) mass is 293 g/mol. The number of rotatable bonds is 6. The van der Waals surface area contributed by atoms with E-state index < -0.39 is 0 Å². The average molecular weight is 294 g/mol. The van der Waals surface area contributed by atoms with E-state index in [9.17, 15) is 0 Å². The van der Waals surface area contributed by atoms with Crippen LogP contribution in [0, 0.1) is 0 Å². The van der Waals surface area contributed by atoms with Crippen LogP contribution in [-0.4, -0.2) is 16.5 Å². The Hall–Kier alpha value is -1.10. The summed E-state index contributed by atoms with van der Waals surface area (Å²) in [4.78, 5) is 9.33.